The van der Waals surface area contributed by atoms with E-state index in [-0.39, 0.29) is 24.6 Å². The van der Waals surface area contributed by atoms with E-state index in [9.17, 15) is 23.2 Å². The third-order valence-electron chi connectivity index (χ3n) is 4.66. The highest BCUT2D eigenvalue weighted by Gasteiger charge is 2.37. The first-order valence-corrected chi connectivity index (χ1v) is 9.08. The average Bonchev–Trinajstić information content (AvgIpc) is 3.06. The number of hydrogen-bond acceptors (Lipinski definition) is 4. The van der Waals surface area contributed by atoms with Gasteiger partial charge in [-0.15, -0.1) is 0 Å². The fraction of sp³-hybridized carbons (Fsp3) is 0.286. The maximum Gasteiger partial charge on any atom is 0.312 e. The van der Waals surface area contributed by atoms with Gasteiger partial charge in [-0.25, -0.2) is 8.78 Å². The number of ether oxygens (including phenoxy) is 1. The quantitative estimate of drug-likeness (QED) is 0.780. The second-order valence-electron chi connectivity index (χ2n) is 6.93. The zero-order valence-corrected chi connectivity index (χ0v) is 15.9. The monoisotopic (exact) mass is 402 g/mol. The first kappa shape index (κ1) is 20.4. The number of benzene rings is 2. The van der Waals surface area contributed by atoms with Gasteiger partial charge in [0.05, 0.1) is 11.6 Å². The van der Waals surface area contributed by atoms with E-state index in [4.69, 9.17) is 4.74 Å². The Morgan fingerprint density at radius 2 is 1.86 bits per heavy atom. The predicted molar refractivity (Wildman–Crippen MR) is 102 cm³/mol. The standard InChI is InChI=1S/C21H20F2N2O4/c1-12-3-6-16(7-4-12)25-11-14(9-19(25)26)21(28)29-13(2)20(27)24-18-8-5-15(22)10-17(18)23/h3-8,10,13-14H,9,11H2,1-2H3,(H,24,27)/t13-,14+/m0/s1. The molecule has 0 aromatic heterocycles. The van der Waals surface area contributed by atoms with E-state index in [1.165, 1.54) is 11.8 Å². The molecule has 2 aromatic carbocycles. The minimum atomic E-state index is -1.21. The molecule has 1 aliphatic rings. The fourth-order valence-corrected chi connectivity index (χ4v) is 2.99. The van der Waals surface area contributed by atoms with E-state index in [2.05, 4.69) is 5.32 Å². The molecule has 0 spiro atoms. The number of aryl methyl sites for hydroxylation is 1. The maximum atomic E-state index is 13.6. The molecule has 0 radical (unpaired) electrons. The molecule has 8 heteroatoms. The van der Waals surface area contributed by atoms with E-state index in [1.54, 1.807) is 12.1 Å². The Bertz CT molecular complexity index is 946. The van der Waals surface area contributed by atoms with Gasteiger partial charge in [-0.1, -0.05) is 17.7 Å². The van der Waals surface area contributed by atoms with Gasteiger partial charge in [-0.05, 0) is 38.1 Å². The Hall–Kier alpha value is -3.29. The van der Waals surface area contributed by atoms with Crippen LogP contribution in [-0.2, 0) is 19.1 Å². The highest BCUT2D eigenvalue weighted by atomic mass is 19.1. The molecule has 1 heterocycles. The van der Waals surface area contributed by atoms with Crippen molar-refractivity contribution >= 4 is 29.2 Å². The summed E-state index contributed by atoms with van der Waals surface area (Å²) in [5.41, 5.74) is 1.52. The number of hydrogen-bond donors (Lipinski definition) is 1. The van der Waals surface area contributed by atoms with E-state index in [0.29, 0.717) is 11.8 Å². The first-order chi connectivity index (χ1) is 13.7. The van der Waals surface area contributed by atoms with Crippen molar-refractivity contribution in [1.29, 1.82) is 0 Å². The summed E-state index contributed by atoms with van der Waals surface area (Å²) in [4.78, 5) is 38.3. The van der Waals surface area contributed by atoms with Gasteiger partial charge >= 0.3 is 5.97 Å². The number of rotatable bonds is 5. The Labute approximate surface area is 166 Å². The summed E-state index contributed by atoms with van der Waals surface area (Å²) >= 11 is 0. The van der Waals surface area contributed by atoms with E-state index in [1.807, 2.05) is 19.1 Å². The van der Waals surface area contributed by atoms with Gasteiger partial charge in [0.25, 0.3) is 5.91 Å². The second kappa shape index (κ2) is 8.38. The number of nitrogens with zero attached hydrogens (tertiary/aromatic N) is 1. The van der Waals surface area contributed by atoms with Crippen LogP contribution in [-0.4, -0.2) is 30.4 Å². The largest absolute Gasteiger partial charge is 0.452 e. The number of anilines is 2. The van der Waals surface area contributed by atoms with Crippen LogP contribution < -0.4 is 10.2 Å². The zero-order chi connectivity index (χ0) is 21.1. The van der Waals surface area contributed by atoms with Gasteiger partial charge < -0.3 is 15.0 Å². The normalized spacial score (nSPS) is 17.2. The van der Waals surface area contributed by atoms with Gasteiger partial charge in [0.2, 0.25) is 5.91 Å². The van der Waals surface area contributed by atoms with E-state index in [0.717, 1.165) is 17.7 Å². The van der Waals surface area contributed by atoms with Crippen LogP contribution in [0.3, 0.4) is 0 Å². The molecule has 1 N–H and O–H groups in total. The molecule has 1 saturated heterocycles. The molecule has 3 rings (SSSR count). The lowest BCUT2D eigenvalue weighted by atomic mass is 10.1. The highest BCUT2D eigenvalue weighted by molar-refractivity contribution is 6.00. The van der Waals surface area contributed by atoms with Crippen molar-refractivity contribution in [2.75, 3.05) is 16.8 Å². The molecule has 2 amide bonds. The van der Waals surface area contributed by atoms with Crippen LogP contribution in [0.25, 0.3) is 0 Å². The minimum Gasteiger partial charge on any atom is -0.452 e. The number of carbonyl (C=O) groups is 3. The molecular formula is C21H20F2N2O4. The van der Waals surface area contributed by atoms with Gasteiger partial charge in [0, 0.05) is 24.7 Å². The van der Waals surface area contributed by atoms with Crippen molar-refractivity contribution in [3.05, 3.63) is 59.7 Å². The molecule has 0 saturated carbocycles. The molecule has 29 heavy (non-hydrogen) atoms. The summed E-state index contributed by atoms with van der Waals surface area (Å²) < 4.78 is 31.7. The van der Waals surface area contributed by atoms with Crippen LogP contribution >= 0.6 is 0 Å². The van der Waals surface area contributed by atoms with Crippen molar-refractivity contribution in [3.63, 3.8) is 0 Å². The maximum absolute atomic E-state index is 13.6. The van der Waals surface area contributed by atoms with Crippen molar-refractivity contribution in [2.45, 2.75) is 26.4 Å². The number of esters is 1. The molecule has 2 aromatic rings. The number of nitrogens with one attached hydrogen (secondary N) is 1. The molecule has 0 aliphatic carbocycles. The van der Waals surface area contributed by atoms with Crippen molar-refractivity contribution in [2.24, 2.45) is 5.92 Å². The van der Waals surface area contributed by atoms with Gasteiger partial charge in [0.15, 0.2) is 6.10 Å². The Balaban J connectivity index is 1.58. The summed E-state index contributed by atoms with van der Waals surface area (Å²) in [5, 5.41) is 2.25. The van der Waals surface area contributed by atoms with Crippen LogP contribution in [0.2, 0.25) is 0 Å². The Kier molecular flexibility index (Phi) is 5.91. The topological polar surface area (TPSA) is 75.7 Å². The molecule has 152 valence electrons. The van der Waals surface area contributed by atoms with Gasteiger partial charge in [-0.2, -0.15) is 0 Å². The van der Waals surface area contributed by atoms with Crippen LogP contribution in [0.1, 0.15) is 18.9 Å². The molecule has 2 atom stereocenters. The molecule has 0 bridgehead atoms. The summed E-state index contributed by atoms with van der Waals surface area (Å²) in [7, 11) is 0. The molecular weight excluding hydrogens is 382 g/mol. The Morgan fingerprint density at radius 1 is 1.17 bits per heavy atom. The van der Waals surface area contributed by atoms with Crippen molar-refractivity contribution < 1.29 is 27.9 Å². The van der Waals surface area contributed by atoms with Crippen LogP contribution in [0.15, 0.2) is 42.5 Å². The lowest BCUT2D eigenvalue weighted by Crippen LogP contribution is -2.33. The third-order valence-corrected chi connectivity index (χ3v) is 4.66. The molecule has 6 nitrogen and oxygen atoms in total. The zero-order valence-electron chi connectivity index (χ0n) is 15.9. The van der Waals surface area contributed by atoms with Gasteiger partial charge in [-0.3, -0.25) is 14.4 Å². The predicted octanol–water partition coefficient (Wildman–Crippen LogP) is 3.20. The Morgan fingerprint density at radius 3 is 2.52 bits per heavy atom. The van der Waals surface area contributed by atoms with Crippen molar-refractivity contribution in [3.8, 4) is 0 Å². The minimum absolute atomic E-state index is 0.0202. The van der Waals surface area contributed by atoms with Gasteiger partial charge in [0.1, 0.15) is 11.6 Å². The first-order valence-electron chi connectivity index (χ1n) is 9.08. The summed E-state index contributed by atoms with van der Waals surface area (Å²) in [5.74, 6) is -4.07. The average molecular weight is 402 g/mol. The number of amides is 2. The molecule has 0 unspecified atom stereocenters. The van der Waals surface area contributed by atoms with E-state index < -0.39 is 35.5 Å². The SMILES string of the molecule is Cc1ccc(N2C[C@H](C(=O)O[C@@H](C)C(=O)Nc3ccc(F)cc3F)CC2=O)cc1. The number of carbonyl (C=O) groups excluding carboxylic acids is 3. The molecule has 1 aliphatic heterocycles. The van der Waals surface area contributed by atoms with Crippen LogP contribution in [0.5, 0.6) is 0 Å². The fourth-order valence-electron chi connectivity index (χ4n) is 2.99. The smallest absolute Gasteiger partial charge is 0.312 e. The molecule has 1 fully saturated rings. The summed E-state index contributed by atoms with van der Waals surface area (Å²) in [6, 6.07) is 10.1. The lowest BCUT2D eigenvalue weighted by Gasteiger charge is -2.18. The van der Waals surface area contributed by atoms with E-state index >= 15 is 0 Å². The lowest BCUT2D eigenvalue weighted by molar-refractivity contribution is -0.157. The third kappa shape index (κ3) is 4.77. The summed E-state index contributed by atoms with van der Waals surface area (Å²) in [6.45, 7) is 3.42. The highest BCUT2D eigenvalue weighted by Crippen LogP contribution is 2.26. The van der Waals surface area contributed by atoms with Crippen LogP contribution in [0, 0.1) is 24.5 Å². The van der Waals surface area contributed by atoms with Crippen LogP contribution in [0.4, 0.5) is 20.2 Å². The summed E-state index contributed by atoms with van der Waals surface area (Å²) in [6.07, 6.45) is -1.23. The number of halogens is 2. The second-order valence-corrected chi connectivity index (χ2v) is 6.93. The van der Waals surface area contributed by atoms with Crippen molar-refractivity contribution in [1.82, 2.24) is 0 Å².